The molecule has 0 saturated carbocycles. The number of Topliss-reactive ketones (excluding diaryl/α,β-unsaturated/α-hetero) is 1. The van der Waals surface area contributed by atoms with E-state index in [4.69, 9.17) is 18.9 Å². The van der Waals surface area contributed by atoms with Crippen LogP contribution in [0.25, 0.3) is 5.76 Å². The van der Waals surface area contributed by atoms with Crippen LogP contribution in [-0.2, 0) is 14.3 Å². The standard InChI is InChI=1S/C30H39NO7/c1-9-37-25-15-20(10-11-23(25)38-18(4)5)27-26(29(33)30(34)31(27)12-13-35-7)28(32)22-16-21(17(2)3)24(36-8)14-19(22)6/h10-11,14-18,27,32H,9,12-13H2,1-8H3/b28-26+. The number of hydrogen-bond donors (Lipinski definition) is 1. The Kier molecular flexibility index (Phi) is 9.44. The van der Waals surface area contributed by atoms with E-state index in [0.29, 0.717) is 35.0 Å². The van der Waals surface area contributed by atoms with Crippen LogP contribution in [0.2, 0.25) is 0 Å². The van der Waals surface area contributed by atoms with Crippen molar-refractivity contribution >= 4 is 17.4 Å². The summed E-state index contributed by atoms with van der Waals surface area (Å²) in [6.07, 6.45) is -0.0689. The maximum atomic E-state index is 13.4. The lowest BCUT2D eigenvalue weighted by atomic mass is 9.91. The third-order valence-electron chi connectivity index (χ3n) is 6.48. The number of aliphatic hydroxyl groups excluding tert-OH is 1. The molecule has 1 aliphatic rings. The first-order chi connectivity index (χ1) is 18.0. The third-order valence-corrected chi connectivity index (χ3v) is 6.48. The first-order valence-electron chi connectivity index (χ1n) is 12.9. The Morgan fingerprint density at radius 3 is 2.32 bits per heavy atom. The van der Waals surface area contributed by atoms with Crippen molar-refractivity contribution in [3.8, 4) is 17.2 Å². The quantitative estimate of drug-likeness (QED) is 0.239. The summed E-state index contributed by atoms with van der Waals surface area (Å²) in [5.41, 5.74) is 2.74. The van der Waals surface area contributed by atoms with Crippen LogP contribution in [-0.4, -0.2) is 61.8 Å². The lowest BCUT2D eigenvalue weighted by Crippen LogP contribution is -2.32. The number of aliphatic hydroxyl groups is 1. The Morgan fingerprint density at radius 2 is 1.74 bits per heavy atom. The summed E-state index contributed by atoms with van der Waals surface area (Å²) in [6.45, 7) is 12.4. The SMILES string of the molecule is CCOc1cc(C2/C(=C(\O)c3cc(C(C)C)c(OC)cc3C)C(=O)C(=O)N2CCOC)ccc1OC(C)C. The van der Waals surface area contributed by atoms with Crippen LogP contribution in [0.15, 0.2) is 35.9 Å². The number of ether oxygens (including phenoxy) is 4. The van der Waals surface area contributed by atoms with Crippen molar-refractivity contribution in [3.05, 3.63) is 58.2 Å². The van der Waals surface area contributed by atoms with Crippen LogP contribution in [0.3, 0.4) is 0 Å². The second-order valence-corrected chi connectivity index (χ2v) is 9.85. The zero-order valence-electron chi connectivity index (χ0n) is 23.6. The van der Waals surface area contributed by atoms with Crippen molar-refractivity contribution in [3.63, 3.8) is 0 Å². The number of ketones is 1. The van der Waals surface area contributed by atoms with Crippen molar-refractivity contribution < 1.29 is 33.6 Å². The molecule has 2 aromatic rings. The van der Waals surface area contributed by atoms with Gasteiger partial charge in [0.1, 0.15) is 11.5 Å². The van der Waals surface area contributed by atoms with Gasteiger partial charge in [-0.2, -0.15) is 0 Å². The van der Waals surface area contributed by atoms with Crippen LogP contribution in [0.1, 0.15) is 68.8 Å². The lowest BCUT2D eigenvalue weighted by Gasteiger charge is -2.26. The van der Waals surface area contributed by atoms with Gasteiger partial charge in [-0.3, -0.25) is 9.59 Å². The van der Waals surface area contributed by atoms with Crippen LogP contribution >= 0.6 is 0 Å². The number of carbonyl (C=O) groups is 2. The van der Waals surface area contributed by atoms with E-state index in [2.05, 4.69) is 0 Å². The first kappa shape index (κ1) is 29.0. The van der Waals surface area contributed by atoms with Crippen LogP contribution in [0.4, 0.5) is 0 Å². The molecular formula is C30H39NO7. The Labute approximate surface area is 225 Å². The van der Waals surface area contributed by atoms with Gasteiger partial charge in [-0.1, -0.05) is 19.9 Å². The van der Waals surface area contributed by atoms with Gasteiger partial charge in [-0.05, 0) is 74.6 Å². The molecule has 1 unspecified atom stereocenters. The second kappa shape index (κ2) is 12.3. The molecule has 0 aliphatic carbocycles. The van der Waals surface area contributed by atoms with Crippen molar-refractivity contribution in [2.45, 2.75) is 59.6 Å². The van der Waals surface area contributed by atoms with Gasteiger partial charge >= 0.3 is 0 Å². The number of amides is 1. The lowest BCUT2D eigenvalue weighted by molar-refractivity contribution is -0.140. The highest BCUT2D eigenvalue weighted by atomic mass is 16.5. The molecule has 1 atom stereocenters. The Bertz CT molecular complexity index is 1220. The summed E-state index contributed by atoms with van der Waals surface area (Å²) in [5.74, 6) is 0.212. The molecule has 38 heavy (non-hydrogen) atoms. The van der Waals surface area contributed by atoms with E-state index in [1.54, 1.807) is 25.3 Å². The highest BCUT2D eigenvalue weighted by Crippen LogP contribution is 2.43. The molecule has 1 saturated heterocycles. The van der Waals surface area contributed by atoms with Crippen molar-refractivity contribution in [2.75, 3.05) is 34.0 Å². The van der Waals surface area contributed by atoms with Gasteiger partial charge in [0.05, 0.1) is 38.0 Å². The van der Waals surface area contributed by atoms with Gasteiger partial charge in [-0.15, -0.1) is 0 Å². The van der Waals surface area contributed by atoms with Gasteiger partial charge in [0.25, 0.3) is 11.7 Å². The number of aryl methyl sites for hydroxylation is 1. The topological polar surface area (TPSA) is 94.5 Å². The summed E-state index contributed by atoms with van der Waals surface area (Å²) >= 11 is 0. The molecule has 1 amide bonds. The molecule has 0 bridgehead atoms. The van der Waals surface area contributed by atoms with Crippen LogP contribution in [0.5, 0.6) is 17.2 Å². The van der Waals surface area contributed by atoms with E-state index >= 15 is 0 Å². The van der Waals surface area contributed by atoms with Gasteiger partial charge in [-0.25, -0.2) is 0 Å². The highest BCUT2D eigenvalue weighted by Gasteiger charge is 2.46. The van der Waals surface area contributed by atoms with Gasteiger partial charge in [0, 0.05) is 19.2 Å². The number of likely N-dealkylation sites (tertiary alicyclic amines) is 1. The third kappa shape index (κ3) is 5.80. The molecule has 1 heterocycles. The van der Waals surface area contributed by atoms with Crippen molar-refractivity contribution in [1.29, 1.82) is 0 Å². The summed E-state index contributed by atoms with van der Waals surface area (Å²) in [7, 11) is 3.13. The van der Waals surface area contributed by atoms with E-state index in [1.807, 2.05) is 53.7 Å². The minimum atomic E-state index is -0.832. The number of rotatable bonds is 11. The molecule has 8 heteroatoms. The van der Waals surface area contributed by atoms with Crippen molar-refractivity contribution in [1.82, 2.24) is 4.90 Å². The molecule has 0 aromatic heterocycles. The molecule has 2 aromatic carbocycles. The summed E-state index contributed by atoms with van der Waals surface area (Å²) in [4.78, 5) is 28.1. The van der Waals surface area contributed by atoms with E-state index in [-0.39, 0.29) is 36.5 Å². The highest BCUT2D eigenvalue weighted by molar-refractivity contribution is 6.46. The van der Waals surface area contributed by atoms with E-state index < -0.39 is 17.7 Å². The Balaban J connectivity index is 2.26. The predicted molar refractivity (Wildman–Crippen MR) is 146 cm³/mol. The average Bonchev–Trinajstić information content (AvgIpc) is 3.12. The monoisotopic (exact) mass is 525 g/mol. The number of carbonyl (C=O) groups excluding carboxylic acids is 2. The molecule has 8 nitrogen and oxygen atoms in total. The van der Waals surface area contributed by atoms with Crippen LogP contribution < -0.4 is 14.2 Å². The van der Waals surface area contributed by atoms with E-state index in [1.165, 1.54) is 12.0 Å². The average molecular weight is 526 g/mol. The van der Waals surface area contributed by atoms with Gasteiger partial charge < -0.3 is 29.0 Å². The predicted octanol–water partition coefficient (Wildman–Crippen LogP) is 5.38. The molecule has 206 valence electrons. The maximum absolute atomic E-state index is 13.4. The fraction of sp³-hybridized carbons (Fsp3) is 0.467. The smallest absolute Gasteiger partial charge is 0.295 e. The van der Waals surface area contributed by atoms with E-state index in [0.717, 1.165) is 11.1 Å². The molecule has 1 aliphatic heterocycles. The largest absolute Gasteiger partial charge is 0.507 e. The molecule has 1 N–H and O–H groups in total. The molecule has 3 rings (SSSR count). The molecule has 0 radical (unpaired) electrons. The molecule has 0 spiro atoms. The number of hydrogen-bond acceptors (Lipinski definition) is 7. The number of methoxy groups -OCH3 is 2. The number of benzene rings is 2. The second-order valence-electron chi connectivity index (χ2n) is 9.85. The minimum Gasteiger partial charge on any atom is -0.507 e. The summed E-state index contributed by atoms with van der Waals surface area (Å²) in [6, 6.07) is 8.17. The minimum absolute atomic E-state index is 0.0223. The van der Waals surface area contributed by atoms with Gasteiger partial charge in [0.2, 0.25) is 0 Å². The van der Waals surface area contributed by atoms with Gasteiger partial charge in [0.15, 0.2) is 11.5 Å². The normalized spacial score (nSPS) is 17.0. The zero-order valence-corrected chi connectivity index (χ0v) is 23.6. The Morgan fingerprint density at radius 1 is 1.03 bits per heavy atom. The fourth-order valence-electron chi connectivity index (χ4n) is 4.69. The molecular weight excluding hydrogens is 486 g/mol. The maximum Gasteiger partial charge on any atom is 0.295 e. The van der Waals surface area contributed by atoms with E-state index in [9.17, 15) is 14.7 Å². The summed E-state index contributed by atoms with van der Waals surface area (Å²) in [5, 5.41) is 11.6. The first-order valence-corrected chi connectivity index (χ1v) is 12.9. The molecule has 1 fully saturated rings. The zero-order chi connectivity index (χ0) is 28.1. The number of nitrogens with zero attached hydrogens (tertiary/aromatic N) is 1. The van der Waals surface area contributed by atoms with Crippen molar-refractivity contribution in [2.24, 2.45) is 0 Å². The fourth-order valence-corrected chi connectivity index (χ4v) is 4.69. The van der Waals surface area contributed by atoms with Crippen LogP contribution in [0, 0.1) is 6.92 Å². The Hall–Kier alpha value is -3.52. The summed E-state index contributed by atoms with van der Waals surface area (Å²) < 4.78 is 22.5.